The fourth-order valence-electron chi connectivity index (χ4n) is 2.79. The number of amides is 2. The maximum atomic E-state index is 13.3. The smallest absolute Gasteiger partial charge is 0.327 e. The average molecular weight is 330 g/mol. The van der Waals surface area contributed by atoms with Gasteiger partial charge in [0, 0.05) is 12.7 Å². The van der Waals surface area contributed by atoms with E-state index in [0.29, 0.717) is 22.5 Å². The number of carbonyl (C=O) groups excluding carboxylic acids is 1. The van der Waals surface area contributed by atoms with Crippen LogP contribution >= 0.6 is 7.29 Å². The monoisotopic (exact) mass is 330 g/mol. The van der Waals surface area contributed by atoms with E-state index in [1.165, 1.54) is 4.67 Å². The van der Waals surface area contributed by atoms with Crippen LogP contribution in [-0.4, -0.2) is 23.4 Å². The number of hydrogen-bond donors (Lipinski definition) is 1. The van der Waals surface area contributed by atoms with Gasteiger partial charge in [0.15, 0.2) is 0 Å². The quantitative estimate of drug-likeness (QED) is 0.855. The Balaban J connectivity index is 2.01. The van der Waals surface area contributed by atoms with Crippen LogP contribution in [0.25, 0.3) is 0 Å². The van der Waals surface area contributed by atoms with E-state index in [1.807, 2.05) is 44.2 Å². The Morgan fingerprint density at radius 1 is 1.09 bits per heavy atom. The van der Waals surface area contributed by atoms with Crippen LogP contribution < -0.4 is 15.4 Å². The van der Waals surface area contributed by atoms with Crippen molar-refractivity contribution in [3.63, 3.8) is 0 Å². The lowest BCUT2D eigenvalue weighted by molar-refractivity contribution is 0.229. The van der Waals surface area contributed by atoms with Gasteiger partial charge >= 0.3 is 6.03 Å². The van der Waals surface area contributed by atoms with Crippen LogP contribution in [-0.2, 0) is 4.57 Å². The standard InChI is InChI=1S/C17H19N2O3P/c1-12(2)19-17(20)18-15-10-9-14(11-16(15)23(19,3)21)22-13-7-5-4-6-8-13/h4-12H,1-3H3,(H,18,20). The lowest BCUT2D eigenvalue weighted by Crippen LogP contribution is -2.44. The molecule has 2 amide bonds. The summed E-state index contributed by atoms with van der Waals surface area (Å²) in [5, 5.41) is 3.41. The molecule has 120 valence electrons. The molecule has 23 heavy (non-hydrogen) atoms. The second-order valence-electron chi connectivity index (χ2n) is 5.84. The molecule has 2 aromatic rings. The molecule has 0 saturated carbocycles. The Kier molecular flexibility index (Phi) is 3.90. The minimum atomic E-state index is -2.99. The number of carbonyl (C=O) groups is 1. The van der Waals surface area contributed by atoms with Crippen molar-refractivity contribution >= 4 is 24.3 Å². The summed E-state index contributed by atoms with van der Waals surface area (Å²) >= 11 is 0. The molecule has 2 aromatic carbocycles. The number of hydrogen-bond acceptors (Lipinski definition) is 3. The molecule has 0 saturated heterocycles. The zero-order chi connectivity index (χ0) is 16.6. The molecule has 0 fully saturated rings. The third-order valence-electron chi connectivity index (χ3n) is 3.75. The lowest BCUT2D eigenvalue weighted by Gasteiger charge is -2.37. The number of nitrogens with zero attached hydrogens (tertiary/aromatic N) is 1. The minimum Gasteiger partial charge on any atom is -0.457 e. The Labute approximate surface area is 135 Å². The second kappa shape index (κ2) is 5.74. The van der Waals surface area contributed by atoms with Gasteiger partial charge < -0.3 is 10.1 Å². The van der Waals surface area contributed by atoms with Crippen molar-refractivity contribution < 1.29 is 14.1 Å². The van der Waals surface area contributed by atoms with E-state index in [9.17, 15) is 9.36 Å². The van der Waals surface area contributed by atoms with Gasteiger partial charge in [-0.2, -0.15) is 0 Å². The van der Waals surface area contributed by atoms with Crippen molar-refractivity contribution in [2.24, 2.45) is 0 Å². The Hall–Kier alpha value is -2.26. The fourth-order valence-corrected chi connectivity index (χ4v) is 5.24. The van der Waals surface area contributed by atoms with Crippen molar-refractivity contribution in [2.45, 2.75) is 19.9 Å². The molecule has 0 aliphatic carbocycles. The van der Waals surface area contributed by atoms with Crippen molar-refractivity contribution in [1.82, 2.24) is 4.67 Å². The third kappa shape index (κ3) is 2.84. The topological polar surface area (TPSA) is 58.6 Å². The number of fused-ring (bicyclic) bond motifs is 1. The molecule has 1 heterocycles. The Bertz CT molecular complexity index is 790. The summed E-state index contributed by atoms with van der Waals surface area (Å²) in [6.45, 7) is 5.33. The van der Waals surface area contributed by atoms with E-state index in [1.54, 1.807) is 24.9 Å². The van der Waals surface area contributed by atoms with Crippen LogP contribution in [0.3, 0.4) is 0 Å². The Morgan fingerprint density at radius 2 is 1.78 bits per heavy atom. The normalized spacial score (nSPS) is 20.2. The van der Waals surface area contributed by atoms with Crippen LogP contribution in [0.15, 0.2) is 48.5 Å². The van der Waals surface area contributed by atoms with Gasteiger partial charge in [-0.15, -0.1) is 0 Å². The van der Waals surface area contributed by atoms with E-state index >= 15 is 0 Å². The van der Waals surface area contributed by atoms with Gasteiger partial charge in [-0.05, 0) is 44.2 Å². The van der Waals surface area contributed by atoms with Crippen LogP contribution in [0.1, 0.15) is 13.8 Å². The third-order valence-corrected chi connectivity index (χ3v) is 6.47. The van der Waals surface area contributed by atoms with E-state index < -0.39 is 7.29 Å². The highest BCUT2D eigenvalue weighted by Crippen LogP contribution is 2.51. The van der Waals surface area contributed by atoms with Gasteiger partial charge in [0.2, 0.25) is 7.29 Å². The molecule has 1 aliphatic heterocycles. The lowest BCUT2D eigenvalue weighted by atomic mass is 10.3. The zero-order valence-corrected chi connectivity index (χ0v) is 14.2. The van der Waals surface area contributed by atoms with Gasteiger partial charge in [-0.25, -0.2) is 4.79 Å². The van der Waals surface area contributed by atoms with Gasteiger partial charge in [0.25, 0.3) is 0 Å². The molecular formula is C17H19N2O3P. The summed E-state index contributed by atoms with van der Waals surface area (Å²) in [6.07, 6.45) is 0. The predicted molar refractivity (Wildman–Crippen MR) is 92.1 cm³/mol. The van der Waals surface area contributed by atoms with Gasteiger partial charge in [-0.3, -0.25) is 9.24 Å². The van der Waals surface area contributed by atoms with Crippen molar-refractivity contribution in [2.75, 3.05) is 12.0 Å². The first-order valence-corrected chi connectivity index (χ1v) is 9.56. The summed E-state index contributed by atoms with van der Waals surface area (Å²) in [7, 11) is -2.99. The summed E-state index contributed by atoms with van der Waals surface area (Å²) in [5.41, 5.74) is 0.582. The molecule has 5 nitrogen and oxygen atoms in total. The molecule has 1 atom stereocenters. The Morgan fingerprint density at radius 3 is 2.43 bits per heavy atom. The molecule has 1 unspecified atom stereocenters. The molecule has 1 N–H and O–H groups in total. The fraction of sp³-hybridized carbons (Fsp3) is 0.235. The molecule has 0 radical (unpaired) electrons. The molecular weight excluding hydrogens is 311 g/mol. The molecule has 1 aliphatic rings. The zero-order valence-electron chi connectivity index (χ0n) is 13.3. The van der Waals surface area contributed by atoms with E-state index in [2.05, 4.69) is 5.32 Å². The van der Waals surface area contributed by atoms with Crippen LogP contribution in [0.5, 0.6) is 11.5 Å². The number of anilines is 1. The van der Waals surface area contributed by atoms with Crippen LogP contribution in [0.2, 0.25) is 0 Å². The van der Waals surface area contributed by atoms with Crippen molar-refractivity contribution in [3.05, 3.63) is 48.5 Å². The number of benzene rings is 2. The van der Waals surface area contributed by atoms with Gasteiger partial charge in [-0.1, -0.05) is 18.2 Å². The highest BCUT2D eigenvalue weighted by molar-refractivity contribution is 7.69. The van der Waals surface area contributed by atoms with Crippen LogP contribution in [0.4, 0.5) is 10.5 Å². The highest BCUT2D eigenvalue weighted by atomic mass is 31.2. The summed E-state index contributed by atoms with van der Waals surface area (Å²) < 4.78 is 20.5. The first kappa shape index (κ1) is 15.6. The van der Waals surface area contributed by atoms with Crippen LogP contribution in [0, 0.1) is 0 Å². The number of nitrogens with one attached hydrogen (secondary N) is 1. The van der Waals surface area contributed by atoms with Crippen molar-refractivity contribution in [3.8, 4) is 11.5 Å². The van der Waals surface area contributed by atoms with E-state index in [0.717, 1.165) is 0 Å². The largest absolute Gasteiger partial charge is 0.457 e. The highest BCUT2D eigenvalue weighted by Gasteiger charge is 2.40. The molecule has 6 heteroatoms. The second-order valence-corrected chi connectivity index (χ2v) is 8.51. The van der Waals surface area contributed by atoms with E-state index in [-0.39, 0.29) is 12.1 Å². The molecule has 3 rings (SSSR count). The summed E-state index contributed by atoms with van der Waals surface area (Å²) in [6, 6.07) is 14.2. The number of para-hydroxylation sites is 1. The van der Waals surface area contributed by atoms with Gasteiger partial charge in [0.1, 0.15) is 11.5 Å². The number of rotatable bonds is 3. The maximum Gasteiger partial charge on any atom is 0.327 e. The molecule has 0 spiro atoms. The maximum absolute atomic E-state index is 13.3. The first-order valence-electron chi connectivity index (χ1n) is 7.45. The summed E-state index contributed by atoms with van der Waals surface area (Å²) in [4.78, 5) is 12.2. The first-order chi connectivity index (χ1) is 10.9. The van der Waals surface area contributed by atoms with Crippen molar-refractivity contribution in [1.29, 1.82) is 0 Å². The van der Waals surface area contributed by atoms with Gasteiger partial charge in [0.05, 0.1) is 11.0 Å². The SMILES string of the molecule is CC(C)N1C(=O)Nc2ccc(Oc3ccccc3)cc2P1(C)=O. The van der Waals surface area contributed by atoms with E-state index in [4.69, 9.17) is 4.74 Å². The molecule has 0 bridgehead atoms. The molecule has 0 aromatic heterocycles. The average Bonchev–Trinajstić information content (AvgIpc) is 2.48. The number of urea groups is 1. The number of ether oxygens (including phenoxy) is 1. The minimum absolute atomic E-state index is 0.155. The predicted octanol–water partition coefficient (Wildman–Crippen LogP) is 4.27. The summed E-state index contributed by atoms with van der Waals surface area (Å²) in [5.74, 6) is 1.30.